The van der Waals surface area contributed by atoms with Crippen molar-refractivity contribution in [2.45, 2.75) is 26.3 Å². The average molecular weight is 288 g/mol. The maximum atomic E-state index is 12.0. The first-order valence-electron chi connectivity index (χ1n) is 7.00. The zero-order valence-corrected chi connectivity index (χ0v) is 12.5. The highest BCUT2D eigenvalue weighted by Gasteiger charge is 2.31. The Labute approximate surface area is 124 Å². The SMILES string of the molecule is CCN1C=C(C(=O)O)C(=O)CC1c1ccc(NC)c(C)c1. The van der Waals surface area contributed by atoms with Crippen LogP contribution in [0.5, 0.6) is 0 Å². The van der Waals surface area contributed by atoms with Crippen LogP contribution in [0.2, 0.25) is 0 Å². The Morgan fingerprint density at radius 3 is 2.71 bits per heavy atom. The summed E-state index contributed by atoms with van der Waals surface area (Å²) in [6, 6.07) is 5.92. The first-order chi connectivity index (χ1) is 9.97. The van der Waals surface area contributed by atoms with Crippen LogP contribution in [-0.4, -0.2) is 35.4 Å². The number of carbonyl (C=O) groups excluding carboxylic acids is 1. The van der Waals surface area contributed by atoms with E-state index in [0.29, 0.717) is 6.54 Å². The fourth-order valence-electron chi connectivity index (χ4n) is 2.70. The van der Waals surface area contributed by atoms with Gasteiger partial charge in [-0.2, -0.15) is 0 Å². The van der Waals surface area contributed by atoms with E-state index in [4.69, 9.17) is 5.11 Å². The molecular weight excluding hydrogens is 268 g/mol. The maximum Gasteiger partial charge on any atom is 0.340 e. The molecule has 0 spiro atoms. The quantitative estimate of drug-likeness (QED) is 0.832. The van der Waals surface area contributed by atoms with Gasteiger partial charge in [-0.1, -0.05) is 12.1 Å². The second kappa shape index (κ2) is 5.99. The second-order valence-electron chi connectivity index (χ2n) is 5.15. The highest BCUT2D eigenvalue weighted by molar-refractivity contribution is 6.17. The molecule has 0 bridgehead atoms. The summed E-state index contributed by atoms with van der Waals surface area (Å²) in [6.45, 7) is 4.62. The summed E-state index contributed by atoms with van der Waals surface area (Å²) < 4.78 is 0. The van der Waals surface area contributed by atoms with Crippen molar-refractivity contribution in [1.29, 1.82) is 0 Å². The monoisotopic (exact) mass is 288 g/mol. The van der Waals surface area contributed by atoms with E-state index in [2.05, 4.69) is 5.32 Å². The van der Waals surface area contributed by atoms with Crippen LogP contribution in [-0.2, 0) is 9.59 Å². The lowest BCUT2D eigenvalue weighted by Gasteiger charge is -2.33. The van der Waals surface area contributed by atoms with Crippen LogP contribution in [0.15, 0.2) is 30.0 Å². The summed E-state index contributed by atoms with van der Waals surface area (Å²) in [6.07, 6.45) is 1.67. The van der Waals surface area contributed by atoms with Gasteiger partial charge in [0.05, 0.1) is 6.04 Å². The van der Waals surface area contributed by atoms with Gasteiger partial charge in [0.15, 0.2) is 5.78 Å². The summed E-state index contributed by atoms with van der Waals surface area (Å²) >= 11 is 0. The Bertz CT molecular complexity index is 608. The van der Waals surface area contributed by atoms with Crippen LogP contribution < -0.4 is 5.32 Å². The molecule has 1 aromatic carbocycles. The number of rotatable bonds is 4. The van der Waals surface area contributed by atoms with Crippen LogP contribution in [0.1, 0.15) is 30.5 Å². The van der Waals surface area contributed by atoms with Crippen molar-refractivity contribution in [2.75, 3.05) is 18.9 Å². The number of carboxylic acids is 1. The normalized spacial score (nSPS) is 18.4. The number of benzene rings is 1. The molecule has 1 unspecified atom stereocenters. The molecule has 1 aromatic rings. The van der Waals surface area contributed by atoms with E-state index < -0.39 is 5.97 Å². The number of anilines is 1. The van der Waals surface area contributed by atoms with Crippen LogP contribution in [0.25, 0.3) is 0 Å². The van der Waals surface area contributed by atoms with Gasteiger partial charge < -0.3 is 15.3 Å². The summed E-state index contributed by atoms with van der Waals surface area (Å²) in [5.74, 6) is -1.47. The molecule has 2 rings (SSSR count). The molecule has 5 nitrogen and oxygen atoms in total. The number of aliphatic carboxylic acids is 1. The lowest BCUT2D eigenvalue weighted by atomic mass is 9.92. The lowest BCUT2D eigenvalue weighted by molar-refractivity contribution is -0.135. The summed E-state index contributed by atoms with van der Waals surface area (Å²) in [4.78, 5) is 25.0. The van der Waals surface area contributed by atoms with Gasteiger partial charge in [-0.15, -0.1) is 0 Å². The zero-order valence-electron chi connectivity index (χ0n) is 12.5. The number of carboxylic acid groups (broad SMARTS) is 1. The summed E-state index contributed by atoms with van der Waals surface area (Å²) in [5.41, 5.74) is 3.05. The molecule has 1 heterocycles. The topological polar surface area (TPSA) is 69.6 Å². The standard InChI is InChI=1S/C16H20N2O3/c1-4-18-9-12(16(20)21)15(19)8-14(18)11-5-6-13(17-3)10(2)7-11/h5-7,9,14,17H,4,8H2,1-3H3,(H,20,21). The predicted molar refractivity (Wildman–Crippen MR) is 81.2 cm³/mol. The molecule has 2 N–H and O–H groups in total. The van der Waals surface area contributed by atoms with E-state index in [1.165, 1.54) is 6.20 Å². The number of hydrogen-bond donors (Lipinski definition) is 2. The number of nitrogens with one attached hydrogen (secondary N) is 1. The third-order valence-electron chi connectivity index (χ3n) is 3.87. The first kappa shape index (κ1) is 15.1. The Balaban J connectivity index is 2.38. The molecule has 0 amide bonds. The minimum atomic E-state index is -1.15. The van der Waals surface area contributed by atoms with E-state index >= 15 is 0 Å². The van der Waals surface area contributed by atoms with Gasteiger partial charge >= 0.3 is 5.97 Å². The zero-order chi connectivity index (χ0) is 15.6. The van der Waals surface area contributed by atoms with E-state index in [1.54, 1.807) is 0 Å². The van der Waals surface area contributed by atoms with Gasteiger partial charge in [-0.3, -0.25) is 4.79 Å². The van der Waals surface area contributed by atoms with Gasteiger partial charge in [-0.25, -0.2) is 4.79 Å². The number of carbonyl (C=O) groups is 2. The van der Waals surface area contributed by atoms with Gasteiger partial charge in [0.2, 0.25) is 0 Å². The molecule has 1 atom stereocenters. The molecule has 0 fully saturated rings. The minimum Gasteiger partial charge on any atom is -0.478 e. The van der Waals surface area contributed by atoms with E-state index in [1.807, 2.05) is 44.0 Å². The lowest BCUT2D eigenvalue weighted by Crippen LogP contribution is -2.33. The maximum absolute atomic E-state index is 12.0. The number of nitrogens with zero attached hydrogens (tertiary/aromatic N) is 1. The molecule has 0 aliphatic carbocycles. The Kier molecular flexibility index (Phi) is 4.31. The fourth-order valence-corrected chi connectivity index (χ4v) is 2.70. The number of Topliss-reactive ketones (excluding diaryl/α,β-unsaturated/α-hetero) is 1. The number of ketones is 1. The molecule has 112 valence electrons. The van der Waals surface area contributed by atoms with E-state index in [9.17, 15) is 9.59 Å². The van der Waals surface area contributed by atoms with Crippen molar-refractivity contribution in [1.82, 2.24) is 4.90 Å². The smallest absolute Gasteiger partial charge is 0.340 e. The first-order valence-corrected chi connectivity index (χ1v) is 7.00. The average Bonchev–Trinajstić information content (AvgIpc) is 2.46. The Morgan fingerprint density at radius 1 is 1.48 bits per heavy atom. The highest BCUT2D eigenvalue weighted by Crippen LogP contribution is 2.32. The Morgan fingerprint density at radius 2 is 2.19 bits per heavy atom. The van der Waals surface area contributed by atoms with Crippen molar-refractivity contribution in [3.8, 4) is 0 Å². The molecule has 0 radical (unpaired) electrons. The summed E-state index contributed by atoms with van der Waals surface area (Å²) in [7, 11) is 1.87. The number of aryl methyl sites for hydroxylation is 1. The van der Waals surface area contributed by atoms with Gasteiger partial charge in [0, 0.05) is 31.9 Å². The number of hydrogen-bond acceptors (Lipinski definition) is 4. The molecule has 0 saturated carbocycles. The second-order valence-corrected chi connectivity index (χ2v) is 5.15. The molecule has 0 saturated heterocycles. The van der Waals surface area contributed by atoms with Crippen molar-refractivity contribution >= 4 is 17.4 Å². The molecule has 0 aromatic heterocycles. The molecule has 1 aliphatic heterocycles. The molecular formula is C16H20N2O3. The minimum absolute atomic E-state index is 0.102. The van der Waals surface area contributed by atoms with Crippen LogP contribution >= 0.6 is 0 Å². The van der Waals surface area contributed by atoms with E-state index in [0.717, 1.165) is 16.8 Å². The third kappa shape index (κ3) is 2.91. The summed E-state index contributed by atoms with van der Waals surface area (Å²) in [5, 5.41) is 12.2. The van der Waals surface area contributed by atoms with Gasteiger partial charge in [-0.05, 0) is 31.0 Å². The molecule has 21 heavy (non-hydrogen) atoms. The van der Waals surface area contributed by atoms with Crippen LogP contribution in [0.3, 0.4) is 0 Å². The van der Waals surface area contributed by atoms with Crippen molar-refractivity contribution in [3.05, 3.63) is 41.1 Å². The Hall–Kier alpha value is -2.30. The fraction of sp³-hybridized carbons (Fsp3) is 0.375. The molecule has 5 heteroatoms. The molecule has 1 aliphatic rings. The van der Waals surface area contributed by atoms with Gasteiger partial charge in [0.25, 0.3) is 0 Å². The highest BCUT2D eigenvalue weighted by atomic mass is 16.4. The van der Waals surface area contributed by atoms with Gasteiger partial charge in [0.1, 0.15) is 5.57 Å². The van der Waals surface area contributed by atoms with E-state index in [-0.39, 0.29) is 23.8 Å². The third-order valence-corrected chi connectivity index (χ3v) is 3.87. The van der Waals surface area contributed by atoms with Crippen molar-refractivity contribution in [2.24, 2.45) is 0 Å². The van der Waals surface area contributed by atoms with Crippen molar-refractivity contribution in [3.63, 3.8) is 0 Å². The predicted octanol–water partition coefficient (Wildman–Crippen LogP) is 2.34. The van der Waals surface area contributed by atoms with Crippen molar-refractivity contribution < 1.29 is 14.7 Å². The van der Waals surface area contributed by atoms with Crippen LogP contribution in [0.4, 0.5) is 5.69 Å². The van der Waals surface area contributed by atoms with Crippen LogP contribution in [0, 0.1) is 6.92 Å². The largest absolute Gasteiger partial charge is 0.478 e.